The summed E-state index contributed by atoms with van der Waals surface area (Å²) in [6.07, 6.45) is 6.64. The highest BCUT2D eigenvalue weighted by Crippen LogP contribution is 2.64. The smallest absolute Gasteiger partial charge is 0.0730 e. The highest BCUT2D eigenvalue weighted by molar-refractivity contribution is 9.09. The molecule has 2 nitrogen and oxygen atoms in total. The number of hydrogen-bond acceptors (Lipinski definition) is 2. The lowest BCUT2D eigenvalue weighted by Gasteiger charge is -2.64. The molecule has 2 unspecified atom stereocenters. The Hall–Kier alpha value is 0.400. The zero-order valence-electron chi connectivity index (χ0n) is 16.0. The molecule has 2 aliphatic rings. The van der Waals surface area contributed by atoms with E-state index in [4.69, 9.17) is 0 Å². The third-order valence-electron chi connectivity index (χ3n) is 7.89. The van der Waals surface area contributed by atoms with E-state index in [1.165, 1.54) is 6.42 Å². The van der Waals surface area contributed by atoms with E-state index in [1.54, 1.807) is 0 Å². The van der Waals surface area contributed by atoms with E-state index >= 15 is 0 Å². The molecule has 23 heavy (non-hydrogen) atoms. The topological polar surface area (TPSA) is 40.5 Å². The number of hydrogen-bond donors (Lipinski definition) is 2. The van der Waals surface area contributed by atoms with Gasteiger partial charge in [0.25, 0.3) is 0 Å². The van der Waals surface area contributed by atoms with Crippen molar-refractivity contribution in [2.45, 2.75) is 103 Å². The Labute approximate surface area is 151 Å². The van der Waals surface area contributed by atoms with E-state index in [-0.39, 0.29) is 10.8 Å². The van der Waals surface area contributed by atoms with Gasteiger partial charge in [0.05, 0.1) is 11.2 Å². The summed E-state index contributed by atoms with van der Waals surface area (Å²) in [4.78, 5) is 0.532. The average molecular weight is 389 g/mol. The highest BCUT2D eigenvalue weighted by Gasteiger charge is 2.62. The molecular weight excluding hydrogens is 352 g/mol. The van der Waals surface area contributed by atoms with Gasteiger partial charge in [0.2, 0.25) is 0 Å². The Balaban J connectivity index is 2.33. The zero-order chi connectivity index (χ0) is 17.7. The van der Waals surface area contributed by atoms with Crippen molar-refractivity contribution in [2.24, 2.45) is 22.7 Å². The Kier molecular flexibility index (Phi) is 5.39. The Morgan fingerprint density at radius 2 is 1.78 bits per heavy atom. The first-order chi connectivity index (χ1) is 10.4. The minimum atomic E-state index is -0.667. The first-order valence-electron chi connectivity index (χ1n) is 9.49. The quantitative estimate of drug-likeness (QED) is 0.641. The maximum atomic E-state index is 11.8. The van der Waals surface area contributed by atoms with Crippen LogP contribution >= 0.6 is 15.9 Å². The van der Waals surface area contributed by atoms with E-state index in [2.05, 4.69) is 43.6 Å². The van der Waals surface area contributed by atoms with Crippen LogP contribution in [0.4, 0.5) is 0 Å². The Morgan fingerprint density at radius 1 is 1.17 bits per heavy atom. The van der Waals surface area contributed by atoms with Gasteiger partial charge in [-0.25, -0.2) is 0 Å². The summed E-state index contributed by atoms with van der Waals surface area (Å²) < 4.78 is 0. The number of rotatable bonds is 4. The highest BCUT2D eigenvalue weighted by atomic mass is 79.9. The average Bonchev–Trinajstić information content (AvgIpc) is 2.47. The minimum absolute atomic E-state index is 0.0533. The lowest BCUT2D eigenvalue weighted by Crippen LogP contribution is -2.64. The van der Waals surface area contributed by atoms with Gasteiger partial charge in [0.1, 0.15) is 0 Å². The maximum absolute atomic E-state index is 11.8. The summed E-state index contributed by atoms with van der Waals surface area (Å²) in [6.45, 7) is 13.2. The van der Waals surface area contributed by atoms with Gasteiger partial charge in [-0.05, 0) is 74.5 Å². The molecule has 0 bridgehead atoms. The van der Waals surface area contributed by atoms with Gasteiger partial charge >= 0.3 is 0 Å². The van der Waals surface area contributed by atoms with Gasteiger partial charge in [0, 0.05) is 4.83 Å². The van der Waals surface area contributed by atoms with Crippen molar-refractivity contribution >= 4 is 15.9 Å². The fourth-order valence-corrected chi connectivity index (χ4v) is 6.16. The number of alkyl halides is 1. The van der Waals surface area contributed by atoms with Crippen LogP contribution in [0.1, 0.15) is 86.5 Å². The largest absolute Gasteiger partial charge is 0.390 e. The molecule has 2 rings (SSSR count). The Bertz CT molecular complexity index is 433. The minimum Gasteiger partial charge on any atom is -0.390 e. The van der Waals surface area contributed by atoms with E-state index in [1.807, 2.05) is 13.8 Å². The van der Waals surface area contributed by atoms with Crippen LogP contribution in [0.25, 0.3) is 0 Å². The lowest BCUT2D eigenvalue weighted by atomic mass is 9.44. The molecule has 2 aliphatic carbocycles. The fraction of sp³-hybridized carbons (Fsp3) is 1.00. The van der Waals surface area contributed by atoms with Crippen LogP contribution in [0, 0.1) is 22.7 Å². The summed E-state index contributed by atoms with van der Waals surface area (Å²) in [5, 5.41) is 22.3. The van der Waals surface area contributed by atoms with Gasteiger partial charge in [-0.2, -0.15) is 0 Å². The van der Waals surface area contributed by atoms with E-state index in [0.717, 1.165) is 25.7 Å². The van der Waals surface area contributed by atoms with Crippen molar-refractivity contribution in [3.05, 3.63) is 0 Å². The van der Waals surface area contributed by atoms with Crippen molar-refractivity contribution in [1.29, 1.82) is 0 Å². The third kappa shape index (κ3) is 3.15. The first-order valence-corrected chi connectivity index (χ1v) is 10.4. The molecule has 0 aromatic rings. The molecule has 0 saturated heterocycles. The van der Waals surface area contributed by atoms with Gasteiger partial charge < -0.3 is 10.2 Å². The van der Waals surface area contributed by atoms with Crippen LogP contribution in [0.15, 0.2) is 0 Å². The van der Waals surface area contributed by atoms with Crippen LogP contribution in [0.5, 0.6) is 0 Å². The van der Waals surface area contributed by atoms with Crippen LogP contribution in [-0.2, 0) is 0 Å². The molecule has 6 atom stereocenters. The molecule has 3 heteroatoms. The molecular formula is C20H37BrO2. The first kappa shape index (κ1) is 19.7. The van der Waals surface area contributed by atoms with Gasteiger partial charge in [0.15, 0.2) is 0 Å². The van der Waals surface area contributed by atoms with E-state index in [9.17, 15) is 10.2 Å². The molecule has 136 valence electrons. The van der Waals surface area contributed by atoms with Crippen molar-refractivity contribution in [2.75, 3.05) is 0 Å². The third-order valence-corrected chi connectivity index (χ3v) is 9.53. The van der Waals surface area contributed by atoms with Gasteiger partial charge in [-0.3, -0.25) is 0 Å². The van der Waals surface area contributed by atoms with Crippen LogP contribution in [0.3, 0.4) is 0 Å². The second-order valence-electron chi connectivity index (χ2n) is 9.55. The maximum Gasteiger partial charge on any atom is 0.0730 e. The molecule has 0 spiro atoms. The number of fused-ring (bicyclic) bond motifs is 1. The van der Waals surface area contributed by atoms with Crippen LogP contribution in [0.2, 0.25) is 0 Å². The molecule has 0 aromatic carbocycles. The summed E-state index contributed by atoms with van der Waals surface area (Å²) in [6, 6.07) is 0. The molecule has 0 aliphatic heterocycles. The normalized spacial score (nSPS) is 46.0. The summed E-state index contributed by atoms with van der Waals surface area (Å²) in [7, 11) is 0. The second-order valence-corrected chi connectivity index (χ2v) is 10.7. The van der Waals surface area contributed by atoms with Crippen LogP contribution in [-0.4, -0.2) is 26.2 Å². The SMILES string of the molecule is CC[C@](C)(O)CCC1(O)[C@@H](C)CCC2C(C)(C)[C@H](Br)CC[C@]21C. The Morgan fingerprint density at radius 3 is 2.35 bits per heavy atom. The van der Waals surface area contributed by atoms with Crippen LogP contribution < -0.4 is 0 Å². The zero-order valence-corrected chi connectivity index (χ0v) is 17.5. The van der Waals surface area contributed by atoms with Gasteiger partial charge in [-0.15, -0.1) is 0 Å². The second kappa shape index (κ2) is 6.29. The molecule has 0 aromatic heterocycles. The summed E-state index contributed by atoms with van der Waals surface area (Å²) >= 11 is 3.91. The lowest BCUT2D eigenvalue weighted by molar-refractivity contribution is -0.214. The van der Waals surface area contributed by atoms with Crippen molar-refractivity contribution < 1.29 is 10.2 Å². The molecule has 0 radical (unpaired) electrons. The predicted molar refractivity (Wildman–Crippen MR) is 101 cm³/mol. The summed E-state index contributed by atoms with van der Waals surface area (Å²) in [5.41, 5.74) is -1.18. The molecule has 2 saturated carbocycles. The standard InChI is InChI=1S/C20H37BrO2/c1-7-18(5,22)12-13-20(23)14(2)8-9-15-17(3,4)16(21)10-11-19(15,20)6/h14-16,22-23H,7-13H2,1-6H3/t14-,15?,16+,18-,19+,20?/m0/s1. The van der Waals surface area contributed by atoms with Crippen molar-refractivity contribution in [3.8, 4) is 0 Å². The number of halogens is 1. The molecule has 0 heterocycles. The monoisotopic (exact) mass is 388 g/mol. The molecule has 0 amide bonds. The van der Waals surface area contributed by atoms with Gasteiger partial charge in [-0.1, -0.05) is 50.5 Å². The summed E-state index contributed by atoms with van der Waals surface area (Å²) in [5.74, 6) is 0.833. The number of aliphatic hydroxyl groups is 2. The van der Waals surface area contributed by atoms with Crippen molar-refractivity contribution in [3.63, 3.8) is 0 Å². The van der Waals surface area contributed by atoms with Crippen molar-refractivity contribution in [1.82, 2.24) is 0 Å². The molecule has 2 N–H and O–H groups in total. The van der Waals surface area contributed by atoms with E-state index < -0.39 is 11.2 Å². The van der Waals surface area contributed by atoms with E-state index in [0.29, 0.717) is 29.5 Å². The molecule has 2 fully saturated rings. The predicted octanol–water partition coefficient (Wildman–Crippen LogP) is 5.29. The fourth-order valence-electron chi connectivity index (χ4n) is 5.61.